The van der Waals surface area contributed by atoms with Crippen molar-refractivity contribution in [3.05, 3.63) is 36.4 Å². The highest BCUT2D eigenvalue weighted by Gasteiger charge is 2.40. The van der Waals surface area contributed by atoms with Gasteiger partial charge in [-0.15, -0.1) is 0 Å². The molecule has 0 unspecified atom stereocenters. The Morgan fingerprint density at radius 3 is 2.63 bits per heavy atom. The van der Waals surface area contributed by atoms with Crippen LogP contribution in [0.1, 0.15) is 19.3 Å². The molecule has 0 spiro atoms. The predicted octanol–water partition coefficient (Wildman–Crippen LogP) is 1.84. The number of amides is 4. The van der Waals surface area contributed by atoms with Crippen LogP contribution in [0.2, 0.25) is 0 Å². The maximum Gasteiger partial charge on any atom is 0.329 e. The second-order valence-electron chi connectivity index (χ2n) is 7.42. The maximum atomic E-state index is 12.6. The molecule has 1 aromatic carbocycles. The Bertz CT molecular complexity index is 789. The predicted molar refractivity (Wildman–Crippen MR) is 99.3 cm³/mol. The first-order valence-electron chi connectivity index (χ1n) is 9.28. The number of carbonyl (C=O) groups is 3. The average molecular weight is 369 g/mol. The lowest BCUT2D eigenvalue weighted by atomic mass is 9.93. The van der Waals surface area contributed by atoms with Crippen LogP contribution in [0.3, 0.4) is 0 Å². The summed E-state index contributed by atoms with van der Waals surface area (Å²) in [4.78, 5) is 38.1. The van der Waals surface area contributed by atoms with Crippen molar-refractivity contribution in [1.29, 1.82) is 0 Å². The third-order valence-electron chi connectivity index (χ3n) is 5.72. The largest absolute Gasteiger partial charge is 0.497 e. The van der Waals surface area contributed by atoms with Gasteiger partial charge in [0.2, 0.25) is 5.91 Å². The molecular weight excluding hydrogens is 346 g/mol. The van der Waals surface area contributed by atoms with E-state index in [4.69, 9.17) is 4.74 Å². The van der Waals surface area contributed by atoms with Crippen molar-refractivity contribution >= 4 is 23.5 Å². The van der Waals surface area contributed by atoms with Crippen molar-refractivity contribution in [3.8, 4) is 5.75 Å². The molecule has 0 aromatic heterocycles. The minimum atomic E-state index is -0.834. The number of methoxy groups -OCH3 is 1. The SMILES string of the molecule is COc1ccc(N2C(=O)N[C@@H](CC(=O)NC[C@@H]3C[C@H]4C=C[C@@H]3C4)C2=O)cc1. The van der Waals surface area contributed by atoms with Crippen LogP contribution in [0.5, 0.6) is 5.75 Å². The number of benzene rings is 1. The Morgan fingerprint density at radius 2 is 2.00 bits per heavy atom. The molecule has 2 fully saturated rings. The number of rotatable bonds is 6. The maximum absolute atomic E-state index is 12.6. The van der Waals surface area contributed by atoms with E-state index in [1.165, 1.54) is 6.42 Å². The highest BCUT2D eigenvalue weighted by Crippen LogP contribution is 2.42. The number of urea groups is 1. The monoisotopic (exact) mass is 369 g/mol. The van der Waals surface area contributed by atoms with Gasteiger partial charge in [0.1, 0.15) is 11.8 Å². The Kier molecular flexibility index (Phi) is 4.59. The summed E-state index contributed by atoms with van der Waals surface area (Å²) < 4.78 is 5.09. The molecule has 4 atom stereocenters. The molecule has 27 heavy (non-hydrogen) atoms. The molecule has 1 aliphatic heterocycles. The van der Waals surface area contributed by atoms with Gasteiger partial charge < -0.3 is 15.4 Å². The summed E-state index contributed by atoms with van der Waals surface area (Å²) in [6.45, 7) is 0.626. The molecule has 1 heterocycles. The van der Waals surface area contributed by atoms with Gasteiger partial charge in [-0.05, 0) is 54.9 Å². The molecule has 2 bridgehead atoms. The fraction of sp³-hybridized carbons (Fsp3) is 0.450. The number of allylic oxidation sites excluding steroid dienone is 2. The van der Waals surface area contributed by atoms with Crippen LogP contribution in [-0.4, -0.2) is 37.5 Å². The number of nitrogens with one attached hydrogen (secondary N) is 2. The van der Waals surface area contributed by atoms with Gasteiger partial charge in [-0.2, -0.15) is 0 Å². The number of nitrogens with zero attached hydrogens (tertiary/aromatic N) is 1. The molecule has 7 nitrogen and oxygen atoms in total. The van der Waals surface area contributed by atoms with Gasteiger partial charge in [-0.1, -0.05) is 12.2 Å². The summed E-state index contributed by atoms with van der Waals surface area (Å²) in [6, 6.07) is 5.29. The van der Waals surface area contributed by atoms with Crippen molar-refractivity contribution < 1.29 is 19.1 Å². The van der Waals surface area contributed by atoms with Gasteiger partial charge >= 0.3 is 6.03 Å². The number of anilines is 1. The lowest BCUT2D eigenvalue weighted by Crippen LogP contribution is -2.38. The first kappa shape index (κ1) is 17.6. The van der Waals surface area contributed by atoms with Crippen LogP contribution in [-0.2, 0) is 9.59 Å². The minimum Gasteiger partial charge on any atom is -0.497 e. The summed E-state index contributed by atoms with van der Waals surface area (Å²) in [5.74, 6) is 1.71. The molecule has 2 aliphatic carbocycles. The van der Waals surface area contributed by atoms with Crippen molar-refractivity contribution in [2.24, 2.45) is 17.8 Å². The third-order valence-corrected chi connectivity index (χ3v) is 5.72. The molecule has 4 amide bonds. The smallest absolute Gasteiger partial charge is 0.329 e. The molecule has 1 aromatic rings. The number of hydrogen-bond acceptors (Lipinski definition) is 4. The van der Waals surface area contributed by atoms with Gasteiger partial charge in [0, 0.05) is 6.54 Å². The first-order valence-corrected chi connectivity index (χ1v) is 9.28. The van der Waals surface area contributed by atoms with E-state index in [0.29, 0.717) is 35.7 Å². The normalized spacial score (nSPS) is 28.6. The quantitative estimate of drug-likeness (QED) is 0.592. The fourth-order valence-electron chi connectivity index (χ4n) is 4.28. The lowest BCUT2D eigenvalue weighted by Gasteiger charge is -2.19. The van der Waals surface area contributed by atoms with Crippen LogP contribution >= 0.6 is 0 Å². The van der Waals surface area contributed by atoms with Crippen molar-refractivity contribution in [2.45, 2.75) is 25.3 Å². The van der Waals surface area contributed by atoms with Gasteiger partial charge in [0.15, 0.2) is 0 Å². The zero-order valence-corrected chi connectivity index (χ0v) is 15.2. The Hall–Kier alpha value is -2.83. The van der Waals surface area contributed by atoms with Crippen LogP contribution in [0.15, 0.2) is 36.4 Å². The Labute approximate surface area is 157 Å². The zero-order valence-electron chi connectivity index (χ0n) is 15.2. The molecule has 1 saturated heterocycles. The van der Waals surface area contributed by atoms with E-state index in [-0.39, 0.29) is 12.3 Å². The number of fused-ring (bicyclic) bond motifs is 2. The van der Waals surface area contributed by atoms with Crippen LogP contribution in [0, 0.1) is 17.8 Å². The zero-order chi connectivity index (χ0) is 19.0. The van der Waals surface area contributed by atoms with Crippen molar-refractivity contribution in [2.75, 3.05) is 18.6 Å². The van der Waals surface area contributed by atoms with Crippen molar-refractivity contribution in [1.82, 2.24) is 10.6 Å². The first-order chi connectivity index (χ1) is 13.0. The molecule has 0 radical (unpaired) electrons. The summed E-state index contributed by atoms with van der Waals surface area (Å²) in [5, 5.41) is 5.53. The molecule has 1 saturated carbocycles. The topological polar surface area (TPSA) is 87.7 Å². The Morgan fingerprint density at radius 1 is 1.22 bits per heavy atom. The molecule has 2 N–H and O–H groups in total. The number of carbonyl (C=O) groups excluding carboxylic acids is 3. The third kappa shape index (κ3) is 3.41. The second-order valence-corrected chi connectivity index (χ2v) is 7.42. The van der Waals surface area contributed by atoms with Gasteiger partial charge in [-0.3, -0.25) is 9.59 Å². The molecule has 7 heteroatoms. The summed E-state index contributed by atoms with van der Waals surface area (Å²) in [5.41, 5.74) is 0.454. The standard InChI is InChI=1S/C20H23N3O4/c1-27-16-6-4-15(5-7-16)23-19(25)17(22-20(23)26)10-18(24)21-11-14-9-12-2-3-13(14)8-12/h2-7,12-14,17H,8-11H2,1H3,(H,21,24)(H,22,26)/t12-,13+,14-,17-/m0/s1. The van der Waals surface area contributed by atoms with E-state index >= 15 is 0 Å². The van der Waals surface area contributed by atoms with Crippen molar-refractivity contribution in [3.63, 3.8) is 0 Å². The highest BCUT2D eigenvalue weighted by molar-refractivity contribution is 6.22. The second kappa shape index (κ2) is 7.06. The van der Waals surface area contributed by atoms with Gasteiger partial charge in [-0.25, -0.2) is 9.69 Å². The van der Waals surface area contributed by atoms with Gasteiger partial charge in [0.25, 0.3) is 5.91 Å². The molecule has 142 valence electrons. The molecule has 3 aliphatic rings. The van der Waals surface area contributed by atoms with Crippen LogP contribution in [0.25, 0.3) is 0 Å². The summed E-state index contributed by atoms with van der Waals surface area (Å²) in [7, 11) is 1.55. The van der Waals surface area contributed by atoms with E-state index < -0.39 is 18.0 Å². The van der Waals surface area contributed by atoms with Gasteiger partial charge in [0.05, 0.1) is 19.2 Å². The number of ether oxygens (including phenoxy) is 1. The number of hydrogen-bond donors (Lipinski definition) is 2. The van der Waals surface area contributed by atoms with Crippen LogP contribution in [0.4, 0.5) is 10.5 Å². The highest BCUT2D eigenvalue weighted by atomic mass is 16.5. The molecule has 4 rings (SSSR count). The van der Waals surface area contributed by atoms with Crippen LogP contribution < -0.4 is 20.3 Å². The van der Waals surface area contributed by atoms with E-state index in [2.05, 4.69) is 22.8 Å². The number of imide groups is 1. The summed E-state index contributed by atoms with van der Waals surface area (Å²) >= 11 is 0. The summed E-state index contributed by atoms with van der Waals surface area (Å²) in [6.07, 6.45) is 6.77. The van der Waals surface area contributed by atoms with E-state index in [1.807, 2.05) is 0 Å². The average Bonchev–Trinajstić information content (AvgIpc) is 3.36. The van der Waals surface area contributed by atoms with E-state index in [0.717, 1.165) is 11.3 Å². The lowest BCUT2D eigenvalue weighted by molar-refractivity contribution is -0.125. The fourth-order valence-corrected chi connectivity index (χ4v) is 4.28. The Balaban J connectivity index is 1.32. The van der Waals surface area contributed by atoms with E-state index in [9.17, 15) is 14.4 Å². The van der Waals surface area contributed by atoms with E-state index in [1.54, 1.807) is 31.4 Å². The minimum absolute atomic E-state index is 0.0477. The molecular formula is C20H23N3O4.